The van der Waals surface area contributed by atoms with Crippen LogP contribution in [0.2, 0.25) is 0 Å². The van der Waals surface area contributed by atoms with E-state index in [1.54, 1.807) is 7.11 Å². The normalized spacial score (nSPS) is 13.0. The Morgan fingerprint density at radius 1 is 1.12 bits per heavy atom. The summed E-state index contributed by atoms with van der Waals surface area (Å²) in [4.78, 5) is 0. The van der Waals surface area contributed by atoms with Crippen molar-refractivity contribution in [3.05, 3.63) is 35.4 Å². The van der Waals surface area contributed by atoms with Gasteiger partial charge in [-0.1, -0.05) is 38.1 Å². The number of rotatable bonds is 7. The lowest BCUT2D eigenvalue weighted by Crippen LogP contribution is -2.01. The largest absolute Gasteiger partial charge is 0.388 e. The van der Waals surface area contributed by atoms with Crippen LogP contribution in [0, 0.1) is 5.92 Å². The van der Waals surface area contributed by atoms with Gasteiger partial charge in [0.25, 0.3) is 0 Å². The Morgan fingerprint density at radius 2 is 1.76 bits per heavy atom. The van der Waals surface area contributed by atoms with Crippen molar-refractivity contribution in [3.8, 4) is 0 Å². The van der Waals surface area contributed by atoms with Gasteiger partial charge in [-0.05, 0) is 36.3 Å². The highest BCUT2D eigenvalue weighted by Gasteiger charge is 2.08. The van der Waals surface area contributed by atoms with E-state index in [2.05, 4.69) is 26.0 Å². The van der Waals surface area contributed by atoms with E-state index >= 15 is 0 Å². The average molecular weight is 236 g/mol. The fourth-order valence-electron chi connectivity index (χ4n) is 1.78. The minimum Gasteiger partial charge on any atom is -0.388 e. The van der Waals surface area contributed by atoms with Crippen LogP contribution in [0.3, 0.4) is 0 Å². The van der Waals surface area contributed by atoms with Crippen molar-refractivity contribution >= 4 is 0 Å². The Balaban J connectivity index is 2.48. The maximum Gasteiger partial charge on any atom is 0.0790 e. The van der Waals surface area contributed by atoms with E-state index in [1.165, 1.54) is 5.56 Å². The summed E-state index contributed by atoms with van der Waals surface area (Å²) in [5.74, 6) is 0.644. The molecule has 0 heterocycles. The van der Waals surface area contributed by atoms with E-state index in [0.29, 0.717) is 5.92 Å². The van der Waals surface area contributed by atoms with Gasteiger partial charge < -0.3 is 9.84 Å². The Labute approximate surface area is 105 Å². The molecule has 17 heavy (non-hydrogen) atoms. The van der Waals surface area contributed by atoms with Gasteiger partial charge in [-0.15, -0.1) is 0 Å². The second-order valence-corrected chi connectivity index (χ2v) is 4.97. The van der Waals surface area contributed by atoms with Gasteiger partial charge in [-0.2, -0.15) is 0 Å². The second-order valence-electron chi connectivity index (χ2n) is 4.97. The van der Waals surface area contributed by atoms with Crippen LogP contribution in [0.5, 0.6) is 0 Å². The van der Waals surface area contributed by atoms with Crippen molar-refractivity contribution in [3.63, 3.8) is 0 Å². The highest BCUT2D eigenvalue weighted by Crippen LogP contribution is 2.21. The van der Waals surface area contributed by atoms with Gasteiger partial charge in [-0.25, -0.2) is 0 Å². The molecule has 0 aliphatic rings. The van der Waals surface area contributed by atoms with Gasteiger partial charge in [0.05, 0.1) is 12.7 Å². The lowest BCUT2D eigenvalue weighted by Gasteiger charge is -2.13. The van der Waals surface area contributed by atoms with Crippen LogP contribution in [0.15, 0.2) is 24.3 Å². The summed E-state index contributed by atoms with van der Waals surface area (Å²) >= 11 is 0. The number of hydrogen-bond acceptors (Lipinski definition) is 2. The zero-order valence-electron chi connectivity index (χ0n) is 11.1. The number of hydrogen-bond donors (Lipinski definition) is 1. The van der Waals surface area contributed by atoms with Crippen molar-refractivity contribution in [1.82, 2.24) is 0 Å². The molecule has 2 nitrogen and oxygen atoms in total. The molecule has 0 aromatic heterocycles. The molecule has 1 aromatic carbocycles. The number of benzene rings is 1. The standard InChI is InChI=1S/C15H24O2/c1-12(2)4-9-15(16)14-7-5-13(6-8-14)10-11-17-3/h5-8,12,15-16H,4,9-11H2,1-3H3. The van der Waals surface area contributed by atoms with Gasteiger partial charge in [0.2, 0.25) is 0 Å². The summed E-state index contributed by atoms with van der Waals surface area (Å²) in [6.07, 6.45) is 2.51. The molecule has 0 aliphatic carbocycles. The van der Waals surface area contributed by atoms with Crippen molar-refractivity contribution in [1.29, 1.82) is 0 Å². The van der Waals surface area contributed by atoms with Gasteiger partial charge in [0.15, 0.2) is 0 Å². The molecule has 0 saturated carbocycles. The molecule has 96 valence electrons. The molecule has 2 heteroatoms. The fraction of sp³-hybridized carbons (Fsp3) is 0.600. The minimum absolute atomic E-state index is 0.325. The molecule has 1 rings (SSSR count). The molecule has 0 aliphatic heterocycles. The van der Waals surface area contributed by atoms with E-state index in [-0.39, 0.29) is 6.10 Å². The zero-order valence-corrected chi connectivity index (χ0v) is 11.1. The van der Waals surface area contributed by atoms with Crippen molar-refractivity contribution in [2.45, 2.75) is 39.2 Å². The maximum atomic E-state index is 10.0. The summed E-state index contributed by atoms with van der Waals surface area (Å²) in [6.45, 7) is 5.11. The molecule has 0 fully saturated rings. The summed E-state index contributed by atoms with van der Waals surface area (Å²) in [5.41, 5.74) is 2.28. The third-order valence-electron chi connectivity index (χ3n) is 2.98. The van der Waals surface area contributed by atoms with Gasteiger partial charge in [0.1, 0.15) is 0 Å². The third kappa shape index (κ3) is 5.33. The van der Waals surface area contributed by atoms with Crippen molar-refractivity contribution in [2.75, 3.05) is 13.7 Å². The van der Waals surface area contributed by atoms with Crippen LogP contribution < -0.4 is 0 Å². The van der Waals surface area contributed by atoms with Crippen LogP contribution in [0.4, 0.5) is 0 Å². The van der Waals surface area contributed by atoms with Crippen LogP contribution in [0.1, 0.15) is 43.9 Å². The third-order valence-corrected chi connectivity index (χ3v) is 2.98. The topological polar surface area (TPSA) is 29.5 Å². The second kappa shape index (κ2) is 7.46. The summed E-state index contributed by atoms with van der Waals surface area (Å²) in [7, 11) is 1.71. The first-order chi connectivity index (χ1) is 8.13. The molecular weight excluding hydrogens is 212 g/mol. The van der Waals surface area contributed by atoms with E-state index in [9.17, 15) is 5.11 Å². The van der Waals surface area contributed by atoms with Crippen LogP contribution in [0.25, 0.3) is 0 Å². The van der Waals surface area contributed by atoms with Crippen molar-refractivity contribution < 1.29 is 9.84 Å². The van der Waals surface area contributed by atoms with Crippen LogP contribution >= 0.6 is 0 Å². The molecule has 0 amide bonds. The Morgan fingerprint density at radius 3 is 2.29 bits per heavy atom. The predicted octanol–water partition coefficient (Wildman–Crippen LogP) is 3.35. The lowest BCUT2D eigenvalue weighted by atomic mass is 9.99. The fourth-order valence-corrected chi connectivity index (χ4v) is 1.78. The average Bonchev–Trinajstić information content (AvgIpc) is 2.34. The maximum absolute atomic E-state index is 10.0. The molecule has 0 saturated heterocycles. The van der Waals surface area contributed by atoms with E-state index in [0.717, 1.165) is 31.4 Å². The van der Waals surface area contributed by atoms with Crippen LogP contribution in [-0.2, 0) is 11.2 Å². The first-order valence-corrected chi connectivity index (χ1v) is 6.39. The molecule has 1 aromatic rings. The Kier molecular flexibility index (Phi) is 6.23. The highest BCUT2D eigenvalue weighted by molar-refractivity contribution is 5.24. The van der Waals surface area contributed by atoms with E-state index in [4.69, 9.17) is 4.74 Å². The SMILES string of the molecule is COCCc1ccc(C(O)CCC(C)C)cc1. The monoisotopic (exact) mass is 236 g/mol. The van der Waals surface area contributed by atoms with Gasteiger partial charge in [-0.3, -0.25) is 0 Å². The Hall–Kier alpha value is -0.860. The quantitative estimate of drug-likeness (QED) is 0.786. The molecule has 1 atom stereocenters. The number of ether oxygens (including phenoxy) is 1. The predicted molar refractivity (Wildman–Crippen MR) is 71.1 cm³/mol. The van der Waals surface area contributed by atoms with E-state index < -0.39 is 0 Å². The molecule has 1 unspecified atom stereocenters. The van der Waals surface area contributed by atoms with Crippen molar-refractivity contribution in [2.24, 2.45) is 5.92 Å². The highest BCUT2D eigenvalue weighted by atomic mass is 16.5. The number of methoxy groups -OCH3 is 1. The number of aliphatic hydroxyl groups excluding tert-OH is 1. The van der Waals surface area contributed by atoms with Gasteiger partial charge in [0, 0.05) is 7.11 Å². The zero-order chi connectivity index (χ0) is 12.7. The molecule has 0 bridgehead atoms. The molecule has 1 N–H and O–H groups in total. The lowest BCUT2D eigenvalue weighted by molar-refractivity contribution is 0.159. The number of aliphatic hydroxyl groups is 1. The van der Waals surface area contributed by atoms with E-state index in [1.807, 2.05) is 12.1 Å². The van der Waals surface area contributed by atoms with Crippen LogP contribution in [-0.4, -0.2) is 18.8 Å². The summed E-state index contributed by atoms with van der Waals surface area (Å²) < 4.78 is 5.04. The summed E-state index contributed by atoms with van der Waals surface area (Å²) in [5, 5.41) is 10.0. The first-order valence-electron chi connectivity index (χ1n) is 6.39. The smallest absolute Gasteiger partial charge is 0.0790 e. The minimum atomic E-state index is -0.325. The molecule has 0 radical (unpaired) electrons. The molecular formula is C15H24O2. The van der Waals surface area contributed by atoms with Gasteiger partial charge >= 0.3 is 0 Å². The Bertz CT molecular complexity index is 303. The summed E-state index contributed by atoms with van der Waals surface area (Å²) in [6, 6.07) is 8.20. The molecule has 0 spiro atoms. The first kappa shape index (κ1) is 14.2.